The number of aromatic nitrogens is 2. The van der Waals surface area contributed by atoms with Gasteiger partial charge in [0.15, 0.2) is 23.0 Å². The zero-order valence-corrected chi connectivity index (χ0v) is 32.4. The minimum absolute atomic E-state index is 0.0148. The highest BCUT2D eigenvalue weighted by Gasteiger charge is 2.38. The van der Waals surface area contributed by atoms with Gasteiger partial charge in [0.2, 0.25) is 0 Å². The average molecular weight is 793 g/mol. The fraction of sp³-hybridized carbons (Fsp3) is 0.455. The van der Waals surface area contributed by atoms with Crippen molar-refractivity contribution in [3.8, 4) is 23.0 Å². The molecule has 2 fully saturated rings. The number of benzene rings is 2. The van der Waals surface area contributed by atoms with Crippen LogP contribution in [0.5, 0.6) is 23.0 Å². The fourth-order valence-electron chi connectivity index (χ4n) is 9.28. The van der Waals surface area contributed by atoms with E-state index in [2.05, 4.69) is 0 Å². The number of fused-ring (bicyclic) bond motifs is 10. The number of ether oxygens (including phenoxy) is 6. The summed E-state index contributed by atoms with van der Waals surface area (Å²) in [6.45, 7) is 5.53. The van der Waals surface area contributed by atoms with Gasteiger partial charge in [0.1, 0.15) is 26.4 Å². The predicted octanol–water partition coefficient (Wildman–Crippen LogP) is 3.79. The number of amides is 2. The van der Waals surface area contributed by atoms with Gasteiger partial charge in [-0.3, -0.25) is 19.2 Å². The number of carbonyl (C=O) groups is 2. The van der Waals surface area contributed by atoms with E-state index >= 15 is 0 Å². The first-order valence-electron chi connectivity index (χ1n) is 20.3. The van der Waals surface area contributed by atoms with Crippen molar-refractivity contribution >= 4 is 11.8 Å². The summed E-state index contributed by atoms with van der Waals surface area (Å²) in [7, 11) is 0. The van der Waals surface area contributed by atoms with E-state index in [1.807, 2.05) is 31.1 Å². The van der Waals surface area contributed by atoms with E-state index in [1.165, 1.54) is 0 Å². The molecule has 0 spiro atoms. The minimum Gasteiger partial charge on any atom is -0.487 e. The van der Waals surface area contributed by atoms with Crippen LogP contribution < -0.4 is 30.1 Å². The second-order valence-corrected chi connectivity index (χ2v) is 15.8. The number of hydrogen-bond donors (Lipinski definition) is 0. The molecule has 2 saturated heterocycles. The molecule has 2 aromatic carbocycles. The first kappa shape index (κ1) is 37.9. The zero-order valence-electron chi connectivity index (χ0n) is 32.4. The lowest BCUT2D eigenvalue weighted by Crippen LogP contribution is -2.49. The van der Waals surface area contributed by atoms with Crippen LogP contribution in [0, 0.1) is 11.8 Å². The predicted molar refractivity (Wildman–Crippen MR) is 211 cm³/mol. The smallest absolute Gasteiger partial charge is 0.254 e. The Bertz CT molecular complexity index is 2130. The van der Waals surface area contributed by atoms with E-state index < -0.39 is 0 Å². The van der Waals surface area contributed by atoms with Crippen molar-refractivity contribution in [2.45, 2.75) is 37.8 Å². The molecule has 7 heterocycles. The molecule has 2 aromatic heterocycles. The maximum absolute atomic E-state index is 13.8. The number of nitrogens with zero attached hydrogens (tertiary/aromatic N) is 4. The second kappa shape index (κ2) is 16.7. The maximum atomic E-state index is 13.8. The van der Waals surface area contributed by atoms with Crippen LogP contribution >= 0.6 is 0 Å². The Labute approximate surface area is 335 Å². The zero-order chi connectivity index (χ0) is 39.6. The van der Waals surface area contributed by atoms with Crippen LogP contribution in [0.15, 0.2) is 82.4 Å². The molecule has 58 heavy (non-hydrogen) atoms. The third-order valence-electron chi connectivity index (χ3n) is 11.9. The lowest BCUT2D eigenvalue weighted by atomic mass is 9.83. The van der Waals surface area contributed by atoms with Crippen LogP contribution in [0.4, 0.5) is 0 Å². The number of carbonyl (C=O) groups excluding carboxylic acids is 2. The Balaban J connectivity index is 0.820. The molecular formula is C44H48N4O10. The Kier molecular flexibility index (Phi) is 10.9. The number of piperidine rings is 2. The molecule has 14 heteroatoms. The van der Waals surface area contributed by atoms with Gasteiger partial charge < -0.3 is 47.4 Å². The highest BCUT2D eigenvalue weighted by Crippen LogP contribution is 2.38. The van der Waals surface area contributed by atoms with Gasteiger partial charge in [0.05, 0.1) is 26.4 Å². The van der Waals surface area contributed by atoms with Gasteiger partial charge in [0, 0.05) is 85.8 Å². The first-order chi connectivity index (χ1) is 28.4. The van der Waals surface area contributed by atoms with Gasteiger partial charge in [-0.15, -0.1) is 0 Å². The second-order valence-electron chi connectivity index (χ2n) is 15.8. The van der Waals surface area contributed by atoms with Crippen molar-refractivity contribution < 1.29 is 38.0 Å². The van der Waals surface area contributed by atoms with Gasteiger partial charge in [-0.1, -0.05) is 12.1 Å². The number of hydrogen-bond acceptors (Lipinski definition) is 10. The summed E-state index contributed by atoms with van der Waals surface area (Å²) in [5.41, 5.74) is 3.02. The molecule has 0 radical (unpaired) electrons. The number of likely N-dealkylation sites (tertiary alicyclic amines) is 2. The summed E-state index contributed by atoms with van der Waals surface area (Å²) in [5, 5.41) is 0. The van der Waals surface area contributed by atoms with Gasteiger partial charge in [-0.2, -0.15) is 0 Å². The average Bonchev–Trinajstić information content (AvgIpc) is 3.23. The van der Waals surface area contributed by atoms with Gasteiger partial charge >= 0.3 is 0 Å². The van der Waals surface area contributed by atoms with E-state index in [-0.39, 0.29) is 99.5 Å². The van der Waals surface area contributed by atoms with Crippen LogP contribution in [0.1, 0.15) is 56.8 Å². The van der Waals surface area contributed by atoms with Crippen molar-refractivity contribution in [2.75, 3.05) is 79.0 Å². The van der Waals surface area contributed by atoms with Gasteiger partial charge in [-0.05, 0) is 73.2 Å². The third kappa shape index (κ3) is 7.95. The Morgan fingerprint density at radius 1 is 0.466 bits per heavy atom. The lowest BCUT2D eigenvalue weighted by Gasteiger charge is -2.42. The fourth-order valence-corrected chi connectivity index (χ4v) is 9.28. The molecule has 5 aliphatic heterocycles. The van der Waals surface area contributed by atoms with E-state index in [0.29, 0.717) is 73.4 Å². The van der Waals surface area contributed by atoms with Crippen LogP contribution in [0.25, 0.3) is 0 Å². The summed E-state index contributed by atoms with van der Waals surface area (Å²) in [6.07, 6.45) is 1.93. The molecular weight excluding hydrogens is 745 g/mol. The van der Waals surface area contributed by atoms with E-state index in [0.717, 1.165) is 24.2 Å². The Morgan fingerprint density at radius 2 is 0.879 bits per heavy atom. The largest absolute Gasteiger partial charge is 0.487 e. The molecule has 0 N–H and O–H groups in total. The Hall–Kier alpha value is -5.60. The summed E-state index contributed by atoms with van der Waals surface area (Å²) < 4.78 is 39.8. The van der Waals surface area contributed by atoms with Crippen LogP contribution in [-0.4, -0.2) is 110 Å². The van der Waals surface area contributed by atoms with Crippen molar-refractivity contribution in [2.24, 2.45) is 11.8 Å². The normalized spacial score (nSPS) is 23.4. The van der Waals surface area contributed by atoms with Crippen LogP contribution in [-0.2, 0) is 22.6 Å². The lowest BCUT2D eigenvalue weighted by molar-refractivity contribution is 0.0582. The molecule has 2 amide bonds. The van der Waals surface area contributed by atoms with Crippen molar-refractivity contribution in [1.82, 2.24) is 18.9 Å². The topological polar surface area (TPSA) is 140 Å². The maximum Gasteiger partial charge on any atom is 0.254 e. The molecule has 4 aromatic rings. The summed E-state index contributed by atoms with van der Waals surface area (Å²) in [6, 6.07) is 21.3. The van der Waals surface area contributed by atoms with Crippen LogP contribution in [0.3, 0.4) is 0 Å². The first-order valence-corrected chi connectivity index (χ1v) is 20.3. The standard InChI is InChI=1S/C44H48N4O10/c49-41-5-1-3-35-33-19-29(25-47(35)41)23-45(27-33)43(51)31-7-9-37-39(21-31)57-17-13-53-12-16-56-38-10-8-32(22-40(38)58-18-14-54-11-15-55-37)44(52)46-24-30-20-34(28-46)36-4-2-6-42(50)48(36)26-30/h1-10,21-22,29-30,33-34H,11-20,23-28H2/t29-,30+,33-,34-/m0/s1. The molecule has 14 nitrogen and oxygen atoms in total. The molecule has 4 bridgehead atoms. The van der Waals surface area contributed by atoms with Crippen LogP contribution in [0.2, 0.25) is 0 Å². The highest BCUT2D eigenvalue weighted by molar-refractivity contribution is 5.95. The number of pyridine rings is 2. The molecule has 5 aliphatic rings. The SMILES string of the molecule is O=C(c1ccc2c(c1)OCCOCCOc1ccc(C(=O)N3C[C@@H]4C[C@@H](C3)c3cccc(=O)n3C4)cc1OCCOCCO2)N1C[C@H]2C[C@@H](C1)c1cccc(=O)n1C2. The highest BCUT2D eigenvalue weighted by atomic mass is 16.6. The van der Waals surface area contributed by atoms with E-state index in [4.69, 9.17) is 28.4 Å². The quantitative estimate of drug-likeness (QED) is 0.295. The summed E-state index contributed by atoms with van der Waals surface area (Å²) >= 11 is 0. The van der Waals surface area contributed by atoms with Crippen molar-refractivity contribution in [3.05, 3.63) is 116 Å². The molecule has 9 rings (SSSR count). The molecule has 0 saturated carbocycles. The van der Waals surface area contributed by atoms with E-state index in [1.54, 1.807) is 60.7 Å². The van der Waals surface area contributed by atoms with Crippen molar-refractivity contribution in [3.63, 3.8) is 0 Å². The Morgan fingerprint density at radius 3 is 1.31 bits per heavy atom. The molecule has 0 unspecified atom stereocenters. The van der Waals surface area contributed by atoms with E-state index in [9.17, 15) is 19.2 Å². The van der Waals surface area contributed by atoms with Gasteiger partial charge in [-0.25, -0.2) is 0 Å². The number of rotatable bonds is 2. The molecule has 304 valence electrons. The molecule has 0 aliphatic carbocycles. The van der Waals surface area contributed by atoms with Crippen molar-refractivity contribution in [1.29, 1.82) is 0 Å². The third-order valence-corrected chi connectivity index (χ3v) is 11.9. The molecule has 4 atom stereocenters. The minimum atomic E-state index is -0.0835. The summed E-state index contributed by atoms with van der Waals surface area (Å²) in [4.78, 5) is 56.4. The van der Waals surface area contributed by atoms with Gasteiger partial charge in [0.25, 0.3) is 22.9 Å². The monoisotopic (exact) mass is 792 g/mol. The summed E-state index contributed by atoms with van der Waals surface area (Å²) in [5.74, 6) is 2.37.